The number of halogens is 1. The lowest BCUT2D eigenvalue weighted by Crippen LogP contribution is -2.40. The molecule has 182 valence electrons. The standard InChI is InChI=1S/C25H16BrN3O3.C2H6OS/c26-15-10-11-19-16(12-15)18(13-27-19)25(17-8-4-5-9-20(17)28-24(25)31)21-22(29-32-23(21)30)14-6-2-1-3-7-14;1-4(2)3/h1-13,27,29H,(H,28,31);1-2H3/t25-;/m1./s1. The van der Waals surface area contributed by atoms with E-state index in [-0.39, 0.29) is 11.5 Å². The lowest BCUT2D eigenvalue weighted by atomic mass is 9.69. The molecule has 0 aliphatic carbocycles. The van der Waals surface area contributed by atoms with Crippen molar-refractivity contribution in [3.63, 3.8) is 0 Å². The largest absolute Gasteiger partial charge is 0.362 e. The van der Waals surface area contributed by atoms with Gasteiger partial charge >= 0.3 is 5.63 Å². The molecule has 2 aromatic heterocycles. The quantitative estimate of drug-likeness (QED) is 0.281. The van der Waals surface area contributed by atoms with Gasteiger partial charge in [-0.1, -0.05) is 64.5 Å². The molecule has 3 aromatic carbocycles. The van der Waals surface area contributed by atoms with Crippen LogP contribution in [0, 0.1) is 0 Å². The fraction of sp³-hybridized carbons (Fsp3) is 0.111. The molecule has 7 nitrogen and oxygen atoms in total. The lowest BCUT2D eigenvalue weighted by Gasteiger charge is -2.26. The molecule has 0 unspecified atom stereocenters. The number of rotatable bonds is 3. The Morgan fingerprint density at radius 3 is 2.36 bits per heavy atom. The Balaban J connectivity index is 0.000000623. The Kier molecular flexibility index (Phi) is 6.27. The van der Waals surface area contributed by atoms with Crippen LogP contribution in [0.4, 0.5) is 5.69 Å². The summed E-state index contributed by atoms with van der Waals surface area (Å²) < 4.78 is 15.7. The van der Waals surface area contributed by atoms with Crippen LogP contribution in [0.1, 0.15) is 16.7 Å². The number of aromatic nitrogens is 2. The van der Waals surface area contributed by atoms with Gasteiger partial charge in [0.1, 0.15) is 5.41 Å². The van der Waals surface area contributed by atoms with Gasteiger partial charge in [0.2, 0.25) is 5.91 Å². The number of anilines is 1. The summed E-state index contributed by atoms with van der Waals surface area (Å²) in [5.74, 6) is -0.302. The van der Waals surface area contributed by atoms with E-state index < -0.39 is 21.8 Å². The highest BCUT2D eigenvalue weighted by Crippen LogP contribution is 2.50. The van der Waals surface area contributed by atoms with Crippen LogP contribution in [0.25, 0.3) is 22.2 Å². The first kappa shape index (κ1) is 24.0. The van der Waals surface area contributed by atoms with Gasteiger partial charge in [0.05, 0.1) is 11.3 Å². The Morgan fingerprint density at radius 2 is 1.61 bits per heavy atom. The first-order valence-corrected chi connectivity index (χ1v) is 13.8. The summed E-state index contributed by atoms with van der Waals surface area (Å²) in [6, 6.07) is 22.7. The van der Waals surface area contributed by atoms with Crippen LogP contribution in [0.5, 0.6) is 0 Å². The fourth-order valence-corrected chi connectivity index (χ4v) is 5.12. The van der Waals surface area contributed by atoms with E-state index in [0.29, 0.717) is 22.5 Å². The summed E-state index contributed by atoms with van der Waals surface area (Å²) in [4.78, 5) is 30.4. The van der Waals surface area contributed by atoms with E-state index in [4.69, 9.17) is 4.52 Å². The van der Waals surface area contributed by atoms with E-state index in [9.17, 15) is 13.8 Å². The van der Waals surface area contributed by atoms with Crippen molar-refractivity contribution in [3.05, 3.63) is 111 Å². The van der Waals surface area contributed by atoms with Crippen LogP contribution in [-0.2, 0) is 21.0 Å². The number of fused-ring (bicyclic) bond motifs is 2. The van der Waals surface area contributed by atoms with E-state index in [1.165, 1.54) is 0 Å². The van der Waals surface area contributed by atoms with Crippen molar-refractivity contribution in [2.45, 2.75) is 5.41 Å². The summed E-state index contributed by atoms with van der Waals surface area (Å²) in [6.45, 7) is 0. The highest BCUT2D eigenvalue weighted by molar-refractivity contribution is 9.10. The molecule has 0 bridgehead atoms. The van der Waals surface area contributed by atoms with Gasteiger partial charge in [-0.05, 0) is 24.3 Å². The summed E-state index contributed by atoms with van der Waals surface area (Å²) in [7, 11) is -0.611. The molecule has 36 heavy (non-hydrogen) atoms. The number of aromatic amines is 2. The third-order valence-electron chi connectivity index (χ3n) is 6.11. The fourth-order valence-electron chi connectivity index (χ4n) is 4.76. The summed E-state index contributed by atoms with van der Waals surface area (Å²) in [6.07, 6.45) is 5.08. The van der Waals surface area contributed by atoms with Crippen LogP contribution >= 0.6 is 15.9 Å². The molecular formula is C27H22BrN3O4S. The minimum absolute atomic E-state index is 0.257. The first-order chi connectivity index (χ1) is 17.3. The molecule has 0 radical (unpaired) electrons. The maximum Gasteiger partial charge on any atom is 0.362 e. The molecule has 1 aliphatic rings. The topological polar surface area (TPSA) is 108 Å². The average molecular weight is 564 g/mol. The average Bonchev–Trinajstić information content (AvgIpc) is 3.52. The molecular weight excluding hydrogens is 542 g/mol. The third-order valence-corrected chi connectivity index (χ3v) is 6.60. The maximum atomic E-state index is 13.9. The molecule has 6 rings (SSSR count). The van der Waals surface area contributed by atoms with E-state index >= 15 is 0 Å². The zero-order chi connectivity index (χ0) is 25.4. The molecule has 0 saturated carbocycles. The number of nitrogens with one attached hydrogen (secondary N) is 3. The molecule has 3 heterocycles. The van der Waals surface area contributed by atoms with E-state index in [0.717, 1.165) is 20.9 Å². The minimum Gasteiger partial charge on any atom is -0.361 e. The van der Waals surface area contributed by atoms with Crippen LogP contribution in [-0.4, -0.2) is 32.8 Å². The predicted octanol–water partition coefficient (Wildman–Crippen LogP) is 5.16. The van der Waals surface area contributed by atoms with Gasteiger partial charge < -0.3 is 14.8 Å². The molecule has 0 spiro atoms. The van der Waals surface area contributed by atoms with Gasteiger partial charge in [0, 0.05) is 67.3 Å². The van der Waals surface area contributed by atoms with Crippen molar-refractivity contribution >= 4 is 49.2 Å². The van der Waals surface area contributed by atoms with Gasteiger partial charge in [-0.15, -0.1) is 0 Å². The number of benzene rings is 3. The highest BCUT2D eigenvalue weighted by atomic mass is 79.9. The Morgan fingerprint density at radius 1 is 0.917 bits per heavy atom. The van der Waals surface area contributed by atoms with Gasteiger partial charge in [0.25, 0.3) is 0 Å². The van der Waals surface area contributed by atoms with Crippen molar-refractivity contribution in [2.75, 3.05) is 17.8 Å². The van der Waals surface area contributed by atoms with Crippen LogP contribution in [0.15, 0.2) is 92.8 Å². The normalized spacial score (nSPS) is 16.5. The van der Waals surface area contributed by atoms with Crippen molar-refractivity contribution < 1.29 is 13.5 Å². The van der Waals surface area contributed by atoms with Gasteiger partial charge in [-0.2, -0.15) is 0 Å². The molecule has 3 N–H and O–H groups in total. The molecule has 1 aliphatic heterocycles. The Labute approximate surface area is 217 Å². The SMILES string of the molecule is CS(C)=O.O=C1Nc2ccccc2[C@]1(c1c(-c2ccccc2)[nH]oc1=O)c1c[nH]c2ccc(Br)cc12. The first-order valence-electron chi connectivity index (χ1n) is 11.0. The Bertz CT molecular complexity index is 1670. The zero-order valence-electron chi connectivity index (χ0n) is 19.4. The van der Waals surface area contributed by atoms with Gasteiger partial charge in [0.15, 0.2) is 0 Å². The Hall–Kier alpha value is -3.69. The third kappa shape index (κ3) is 3.84. The number of hydrogen-bond acceptors (Lipinski definition) is 4. The second-order valence-corrected chi connectivity index (χ2v) is 10.9. The van der Waals surface area contributed by atoms with Crippen molar-refractivity contribution in [3.8, 4) is 11.3 Å². The molecule has 1 amide bonds. The van der Waals surface area contributed by atoms with E-state index in [1.807, 2.05) is 72.8 Å². The second kappa shape index (κ2) is 9.40. The molecule has 0 saturated heterocycles. The smallest absolute Gasteiger partial charge is 0.361 e. The van der Waals surface area contributed by atoms with E-state index in [1.54, 1.807) is 18.7 Å². The lowest BCUT2D eigenvalue weighted by molar-refractivity contribution is -0.118. The van der Waals surface area contributed by atoms with Crippen molar-refractivity contribution in [1.82, 2.24) is 10.1 Å². The molecule has 9 heteroatoms. The minimum atomic E-state index is -1.40. The number of para-hydroxylation sites is 1. The van der Waals surface area contributed by atoms with Crippen LogP contribution < -0.4 is 10.9 Å². The zero-order valence-corrected chi connectivity index (χ0v) is 21.8. The summed E-state index contributed by atoms with van der Waals surface area (Å²) >= 11 is 3.54. The van der Waals surface area contributed by atoms with Crippen molar-refractivity contribution in [2.24, 2.45) is 0 Å². The van der Waals surface area contributed by atoms with Gasteiger partial charge in [-0.25, -0.2) is 9.95 Å². The number of carbonyl (C=O) groups is 1. The number of amides is 1. The molecule has 5 aromatic rings. The number of carbonyl (C=O) groups excluding carboxylic acids is 1. The highest BCUT2D eigenvalue weighted by Gasteiger charge is 2.54. The number of hydrogen-bond donors (Lipinski definition) is 3. The van der Waals surface area contributed by atoms with E-state index in [2.05, 4.69) is 31.4 Å². The summed E-state index contributed by atoms with van der Waals surface area (Å²) in [5, 5.41) is 6.61. The van der Waals surface area contributed by atoms with Crippen LogP contribution in [0.3, 0.4) is 0 Å². The predicted molar refractivity (Wildman–Crippen MR) is 146 cm³/mol. The second-order valence-electron chi connectivity index (χ2n) is 8.49. The monoisotopic (exact) mass is 563 g/mol. The van der Waals surface area contributed by atoms with Crippen LogP contribution in [0.2, 0.25) is 0 Å². The molecule has 1 atom stereocenters. The van der Waals surface area contributed by atoms with Gasteiger partial charge in [-0.3, -0.25) is 9.00 Å². The maximum absolute atomic E-state index is 13.9. The summed E-state index contributed by atoms with van der Waals surface area (Å²) in [5.41, 5.74) is 2.42. The van der Waals surface area contributed by atoms with Crippen molar-refractivity contribution in [1.29, 1.82) is 0 Å². The number of H-pyrrole nitrogens is 2. The molecule has 0 fully saturated rings.